The molecule has 1 aromatic rings. The lowest BCUT2D eigenvalue weighted by molar-refractivity contribution is 0.0644. The summed E-state index contributed by atoms with van der Waals surface area (Å²) in [6.45, 7) is 7.99. The first-order valence-electron chi connectivity index (χ1n) is 7.43. The topological polar surface area (TPSA) is 24.5 Å². The number of ether oxygens (including phenoxy) is 1. The summed E-state index contributed by atoms with van der Waals surface area (Å²) in [5, 5.41) is 3.57. The summed E-state index contributed by atoms with van der Waals surface area (Å²) in [7, 11) is 0. The molecule has 1 saturated heterocycles. The smallest absolute Gasteiger partial charge is 0.0694 e. The SMILES string of the molecule is CC1(C)COCCN1c1ccc(CNC2CC2)c(Br)c1. The molecule has 1 N–H and O–H groups in total. The molecule has 3 rings (SSSR count). The van der Waals surface area contributed by atoms with Crippen LogP contribution in [0.25, 0.3) is 0 Å². The maximum Gasteiger partial charge on any atom is 0.0694 e. The summed E-state index contributed by atoms with van der Waals surface area (Å²) < 4.78 is 6.80. The molecule has 0 unspecified atom stereocenters. The number of halogens is 1. The maximum atomic E-state index is 5.60. The first kappa shape index (κ1) is 14.4. The molecule has 0 bridgehead atoms. The van der Waals surface area contributed by atoms with Crippen LogP contribution >= 0.6 is 15.9 Å². The van der Waals surface area contributed by atoms with Gasteiger partial charge in [0.05, 0.1) is 18.8 Å². The number of rotatable bonds is 4. The maximum absolute atomic E-state index is 5.60. The van der Waals surface area contributed by atoms with Gasteiger partial charge in [-0.3, -0.25) is 0 Å². The molecule has 1 heterocycles. The Kier molecular flexibility index (Phi) is 4.07. The molecule has 0 atom stereocenters. The number of nitrogens with one attached hydrogen (secondary N) is 1. The molecule has 1 aliphatic heterocycles. The largest absolute Gasteiger partial charge is 0.377 e. The van der Waals surface area contributed by atoms with Crippen LogP contribution in [0.2, 0.25) is 0 Å². The van der Waals surface area contributed by atoms with E-state index in [0.717, 1.165) is 32.3 Å². The quantitative estimate of drug-likeness (QED) is 0.911. The first-order valence-corrected chi connectivity index (χ1v) is 8.23. The molecule has 0 radical (unpaired) electrons. The summed E-state index contributed by atoms with van der Waals surface area (Å²) in [6.07, 6.45) is 2.66. The van der Waals surface area contributed by atoms with Crippen LogP contribution in [0.5, 0.6) is 0 Å². The van der Waals surface area contributed by atoms with Gasteiger partial charge in [-0.1, -0.05) is 22.0 Å². The lowest BCUT2D eigenvalue weighted by Crippen LogP contribution is -2.53. The highest BCUT2D eigenvalue weighted by molar-refractivity contribution is 9.10. The minimum atomic E-state index is 0.0610. The molecular formula is C16H23BrN2O. The highest BCUT2D eigenvalue weighted by Crippen LogP contribution is 2.31. The summed E-state index contributed by atoms with van der Waals surface area (Å²) in [6, 6.07) is 7.47. The predicted octanol–water partition coefficient (Wildman–Crippen LogP) is 3.32. The fourth-order valence-corrected chi connectivity index (χ4v) is 3.23. The minimum Gasteiger partial charge on any atom is -0.377 e. The Morgan fingerprint density at radius 1 is 1.40 bits per heavy atom. The van der Waals surface area contributed by atoms with Crippen molar-refractivity contribution in [3.05, 3.63) is 28.2 Å². The van der Waals surface area contributed by atoms with E-state index >= 15 is 0 Å². The van der Waals surface area contributed by atoms with Crippen molar-refractivity contribution in [2.75, 3.05) is 24.7 Å². The molecule has 1 aliphatic carbocycles. The van der Waals surface area contributed by atoms with Gasteiger partial charge in [0.2, 0.25) is 0 Å². The van der Waals surface area contributed by atoms with Gasteiger partial charge >= 0.3 is 0 Å². The van der Waals surface area contributed by atoms with Crippen LogP contribution in [-0.4, -0.2) is 31.3 Å². The van der Waals surface area contributed by atoms with Crippen LogP contribution in [0.1, 0.15) is 32.3 Å². The normalized spacial score (nSPS) is 22.1. The molecule has 1 saturated carbocycles. The van der Waals surface area contributed by atoms with Gasteiger partial charge in [0, 0.05) is 29.3 Å². The van der Waals surface area contributed by atoms with E-state index < -0.39 is 0 Å². The van der Waals surface area contributed by atoms with E-state index in [1.807, 2.05) is 0 Å². The van der Waals surface area contributed by atoms with Crippen LogP contribution in [-0.2, 0) is 11.3 Å². The van der Waals surface area contributed by atoms with Gasteiger partial charge in [-0.25, -0.2) is 0 Å². The zero-order valence-electron chi connectivity index (χ0n) is 12.3. The number of hydrogen-bond acceptors (Lipinski definition) is 3. The van der Waals surface area contributed by atoms with Gasteiger partial charge in [-0.2, -0.15) is 0 Å². The van der Waals surface area contributed by atoms with Gasteiger partial charge in [-0.05, 0) is 44.4 Å². The van der Waals surface area contributed by atoms with Crippen molar-refractivity contribution in [1.29, 1.82) is 0 Å². The fourth-order valence-electron chi connectivity index (χ4n) is 2.73. The van der Waals surface area contributed by atoms with Crippen molar-refractivity contribution in [3.8, 4) is 0 Å². The third kappa shape index (κ3) is 3.18. The summed E-state index contributed by atoms with van der Waals surface area (Å²) in [5.74, 6) is 0. The van der Waals surface area contributed by atoms with Crippen molar-refractivity contribution in [2.45, 2.75) is 44.8 Å². The van der Waals surface area contributed by atoms with Crippen molar-refractivity contribution in [3.63, 3.8) is 0 Å². The highest BCUT2D eigenvalue weighted by Gasteiger charge is 2.30. The van der Waals surface area contributed by atoms with E-state index in [9.17, 15) is 0 Å². The molecule has 1 aromatic carbocycles. The summed E-state index contributed by atoms with van der Waals surface area (Å²) >= 11 is 3.72. The molecular weight excluding hydrogens is 316 g/mol. The molecule has 110 valence electrons. The number of morpholine rings is 1. The zero-order valence-corrected chi connectivity index (χ0v) is 13.9. The van der Waals surface area contributed by atoms with Crippen LogP contribution in [0.3, 0.4) is 0 Å². The summed E-state index contributed by atoms with van der Waals surface area (Å²) in [5.41, 5.74) is 2.68. The average molecular weight is 339 g/mol. The van der Waals surface area contributed by atoms with Crippen molar-refractivity contribution < 1.29 is 4.74 Å². The Morgan fingerprint density at radius 2 is 2.20 bits per heavy atom. The molecule has 0 aromatic heterocycles. The molecule has 0 amide bonds. The summed E-state index contributed by atoms with van der Waals surface area (Å²) in [4.78, 5) is 2.44. The Balaban J connectivity index is 1.74. The second-order valence-electron chi connectivity index (χ2n) is 6.45. The van der Waals surface area contributed by atoms with E-state index in [-0.39, 0.29) is 5.54 Å². The van der Waals surface area contributed by atoms with Gasteiger partial charge < -0.3 is 15.0 Å². The zero-order chi connectivity index (χ0) is 14.2. The average Bonchev–Trinajstić information content (AvgIpc) is 3.21. The predicted molar refractivity (Wildman–Crippen MR) is 86.2 cm³/mol. The van der Waals surface area contributed by atoms with Crippen molar-refractivity contribution in [1.82, 2.24) is 5.32 Å². The van der Waals surface area contributed by atoms with Crippen LogP contribution in [0.4, 0.5) is 5.69 Å². The van der Waals surface area contributed by atoms with Gasteiger partial charge in [-0.15, -0.1) is 0 Å². The van der Waals surface area contributed by atoms with Crippen molar-refractivity contribution in [2.24, 2.45) is 0 Å². The number of benzene rings is 1. The molecule has 3 nitrogen and oxygen atoms in total. The van der Waals surface area contributed by atoms with E-state index in [0.29, 0.717) is 0 Å². The Bertz CT molecular complexity index is 485. The fraction of sp³-hybridized carbons (Fsp3) is 0.625. The molecule has 4 heteroatoms. The van der Waals surface area contributed by atoms with E-state index in [1.54, 1.807) is 0 Å². The van der Waals surface area contributed by atoms with E-state index in [1.165, 1.54) is 28.6 Å². The second kappa shape index (κ2) is 5.66. The highest BCUT2D eigenvalue weighted by atomic mass is 79.9. The third-order valence-electron chi connectivity index (χ3n) is 4.15. The van der Waals surface area contributed by atoms with Crippen LogP contribution in [0, 0.1) is 0 Å². The molecule has 2 fully saturated rings. The van der Waals surface area contributed by atoms with Gasteiger partial charge in [0.1, 0.15) is 0 Å². The Labute approximate surface area is 129 Å². The van der Waals surface area contributed by atoms with E-state index in [4.69, 9.17) is 4.74 Å². The number of nitrogens with zero attached hydrogens (tertiary/aromatic N) is 1. The monoisotopic (exact) mass is 338 g/mol. The van der Waals surface area contributed by atoms with Gasteiger partial charge in [0.15, 0.2) is 0 Å². The molecule has 20 heavy (non-hydrogen) atoms. The lowest BCUT2D eigenvalue weighted by atomic mass is 10.0. The van der Waals surface area contributed by atoms with E-state index in [2.05, 4.69) is 58.2 Å². The molecule has 0 spiro atoms. The van der Waals surface area contributed by atoms with Crippen LogP contribution in [0.15, 0.2) is 22.7 Å². The molecule has 2 aliphatic rings. The minimum absolute atomic E-state index is 0.0610. The lowest BCUT2D eigenvalue weighted by Gasteiger charge is -2.44. The van der Waals surface area contributed by atoms with Gasteiger partial charge in [0.25, 0.3) is 0 Å². The number of anilines is 1. The third-order valence-corrected chi connectivity index (χ3v) is 4.89. The standard InChI is InChI=1S/C16H23BrN2O/c1-16(2)11-20-8-7-19(16)14-6-3-12(15(17)9-14)10-18-13-4-5-13/h3,6,9,13,18H,4-5,7-8,10-11H2,1-2H3. The Morgan fingerprint density at radius 3 is 2.85 bits per heavy atom. The Hall–Kier alpha value is -0.580. The second-order valence-corrected chi connectivity index (χ2v) is 7.30. The van der Waals surface area contributed by atoms with Crippen LogP contribution < -0.4 is 10.2 Å². The number of hydrogen-bond donors (Lipinski definition) is 1. The first-order chi connectivity index (χ1) is 9.56. The van der Waals surface area contributed by atoms with Crippen molar-refractivity contribution >= 4 is 21.6 Å².